The molecule has 0 spiro atoms. The second kappa shape index (κ2) is 7.43. The summed E-state index contributed by atoms with van der Waals surface area (Å²) in [5.41, 5.74) is 1.10. The van der Waals surface area contributed by atoms with E-state index in [9.17, 15) is 4.79 Å². The molecule has 0 atom stereocenters. The number of rotatable bonds is 2. The average Bonchev–Trinajstić information content (AvgIpc) is 2.76. The van der Waals surface area contributed by atoms with Crippen LogP contribution in [0.15, 0.2) is 42.5 Å². The van der Waals surface area contributed by atoms with Crippen LogP contribution in [0, 0.1) is 0 Å². The Labute approximate surface area is 131 Å². The lowest BCUT2D eigenvalue weighted by Crippen LogP contribution is -2.35. The standard InChI is InChI=1S/C17H20N2O.ClH/c20-17(19-10-3-8-18-9-11-19)13-14-6-7-15-4-1-2-5-16(15)12-14;/h1-2,4-7,12,18H,3,8-11,13H2;1H. The van der Waals surface area contributed by atoms with Gasteiger partial charge in [-0.05, 0) is 29.3 Å². The van der Waals surface area contributed by atoms with E-state index in [1.54, 1.807) is 0 Å². The van der Waals surface area contributed by atoms with E-state index in [1.165, 1.54) is 10.8 Å². The largest absolute Gasteiger partial charge is 0.341 e. The highest BCUT2D eigenvalue weighted by Crippen LogP contribution is 2.16. The molecule has 1 saturated heterocycles. The zero-order valence-electron chi connectivity index (χ0n) is 12.0. The molecule has 1 fully saturated rings. The molecule has 3 rings (SSSR count). The van der Waals surface area contributed by atoms with Gasteiger partial charge in [0.25, 0.3) is 0 Å². The summed E-state index contributed by atoms with van der Waals surface area (Å²) in [4.78, 5) is 14.3. The van der Waals surface area contributed by atoms with Gasteiger partial charge < -0.3 is 10.2 Å². The van der Waals surface area contributed by atoms with Gasteiger partial charge in [-0.3, -0.25) is 4.79 Å². The third-order valence-electron chi connectivity index (χ3n) is 3.86. The van der Waals surface area contributed by atoms with Gasteiger partial charge in [-0.15, -0.1) is 12.4 Å². The summed E-state index contributed by atoms with van der Waals surface area (Å²) < 4.78 is 0. The summed E-state index contributed by atoms with van der Waals surface area (Å²) in [7, 11) is 0. The lowest BCUT2D eigenvalue weighted by molar-refractivity contribution is -0.130. The Morgan fingerprint density at radius 2 is 1.86 bits per heavy atom. The quantitative estimate of drug-likeness (QED) is 0.925. The minimum absolute atomic E-state index is 0. The number of hydrogen-bond donors (Lipinski definition) is 1. The lowest BCUT2D eigenvalue weighted by Gasteiger charge is -2.20. The SMILES string of the molecule is Cl.O=C(Cc1ccc2ccccc2c1)N1CCCNCC1. The molecule has 21 heavy (non-hydrogen) atoms. The van der Waals surface area contributed by atoms with Crippen LogP contribution in [-0.4, -0.2) is 37.0 Å². The fraction of sp³-hybridized carbons (Fsp3) is 0.353. The molecule has 4 heteroatoms. The van der Waals surface area contributed by atoms with E-state index in [4.69, 9.17) is 0 Å². The maximum Gasteiger partial charge on any atom is 0.227 e. The number of fused-ring (bicyclic) bond motifs is 1. The number of carbonyl (C=O) groups is 1. The molecule has 1 amide bonds. The lowest BCUT2D eigenvalue weighted by atomic mass is 10.0. The first-order chi connectivity index (χ1) is 9.83. The predicted molar refractivity (Wildman–Crippen MR) is 89.0 cm³/mol. The Bertz CT molecular complexity index is 607. The van der Waals surface area contributed by atoms with Crippen LogP contribution in [0.3, 0.4) is 0 Å². The molecule has 2 aromatic rings. The number of nitrogens with one attached hydrogen (secondary N) is 1. The summed E-state index contributed by atoms with van der Waals surface area (Å²) in [5.74, 6) is 0.240. The van der Waals surface area contributed by atoms with Crippen molar-refractivity contribution in [1.29, 1.82) is 0 Å². The third kappa shape index (κ3) is 3.96. The Morgan fingerprint density at radius 3 is 2.71 bits per heavy atom. The second-order valence-electron chi connectivity index (χ2n) is 5.34. The molecule has 1 aliphatic heterocycles. The molecule has 1 heterocycles. The van der Waals surface area contributed by atoms with Gasteiger partial charge in [0.1, 0.15) is 0 Å². The Balaban J connectivity index is 0.00000161. The first kappa shape index (κ1) is 15.8. The van der Waals surface area contributed by atoms with Gasteiger partial charge >= 0.3 is 0 Å². The van der Waals surface area contributed by atoms with Crippen molar-refractivity contribution in [3.63, 3.8) is 0 Å². The van der Waals surface area contributed by atoms with Crippen molar-refractivity contribution in [2.75, 3.05) is 26.2 Å². The summed E-state index contributed by atoms with van der Waals surface area (Å²) >= 11 is 0. The van der Waals surface area contributed by atoms with Crippen LogP contribution in [0.25, 0.3) is 10.8 Å². The highest BCUT2D eigenvalue weighted by atomic mass is 35.5. The monoisotopic (exact) mass is 304 g/mol. The van der Waals surface area contributed by atoms with Gasteiger partial charge in [0, 0.05) is 19.6 Å². The molecule has 0 aliphatic carbocycles. The van der Waals surface area contributed by atoms with Crippen molar-refractivity contribution < 1.29 is 4.79 Å². The summed E-state index contributed by atoms with van der Waals surface area (Å²) in [6.07, 6.45) is 1.55. The van der Waals surface area contributed by atoms with E-state index < -0.39 is 0 Å². The molecule has 112 valence electrons. The highest BCUT2D eigenvalue weighted by molar-refractivity contribution is 5.86. The highest BCUT2D eigenvalue weighted by Gasteiger charge is 2.15. The summed E-state index contributed by atoms with van der Waals surface area (Å²) in [6.45, 7) is 3.62. The maximum atomic E-state index is 12.4. The summed E-state index contributed by atoms with van der Waals surface area (Å²) in [5, 5.41) is 5.75. The molecule has 0 saturated carbocycles. The molecule has 2 aromatic carbocycles. The first-order valence-corrected chi connectivity index (χ1v) is 7.29. The zero-order chi connectivity index (χ0) is 13.8. The van der Waals surface area contributed by atoms with Crippen molar-refractivity contribution in [3.8, 4) is 0 Å². The molecule has 1 N–H and O–H groups in total. The van der Waals surface area contributed by atoms with Gasteiger partial charge in [-0.25, -0.2) is 0 Å². The molecule has 0 bridgehead atoms. The van der Waals surface area contributed by atoms with E-state index in [0.29, 0.717) is 6.42 Å². The van der Waals surface area contributed by atoms with E-state index in [1.807, 2.05) is 17.0 Å². The fourth-order valence-electron chi connectivity index (χ4n) is 2.73. The number of amides is 1. The van der Waals surface area contributed by atoms with Crippen LogP contribution in [0.1, 0.15) is 12.0 Å². The molecule has 1 aliphatic rings. The van der Waals surface area contributed by atoms with E-state index in [-0.39, 0.29) is 18.3 Å². The van der Waals surface area contributed by atoms with E-state index in [0.717, 1.165) is 38.2 Å². The minimum atomic E-state index is 0. The Morgan fingerprint density at radius 1 is 1.05 bits per heavy atom. The van der Waals surface area contributed by atoms with Crippen LogP contribution in [0.4, 0.5) is 0 Å². The van der Waals surface area contributed by atoms with Gasteiger partial charge in [-0.2, -0.15) is 0 Å². The molecule has 0 radical (unpaired) electrons. The number of benzene rings is 2. The van der Waals surface area contributed by atoms with Gasteiger partial charge in [0.15, 0.2) is 0 Å². The first-order valence-electron chi connectivity index (χ1n) is 7.29. The van der Waals surface area contributed by atoms with Gasteiger partial charge in [-0.1, -0.05) is 42.5 Å². The van der Waals surface area contributed by atoms with Crippen LogP contribution >= 0.6 is 12.4 Å². The van der Waals surface area contributed by atoms with Crippen molar-refractivity contribution in [2.24, 2.45) is 0 Å². The molecule has 0 unspecified atom stereocenters. The van der Waals surface area contributed by atoms with Crippen molar-refractivity contribution in [1.82, 2.24) is 10.2 Å². The molecule has 3 nitrogen and oxygen atoms in total. The third-order valence-corrected chi connectivity index (χ3v) is 3.86. The van der Waals surface area contributed by atoms with Gasteiger partial charge in [0.2, 0.25) is 5.91 Å². The number of carbonyl (C=O) groups excluding carboxylic acids is 1. The van der Waals surface area contributed by atoms with Crippen molar-refractivity contribution >= 4 is 29.1 Å². The smallest absolute Gasteiger partial charge is 0.227 e. The number of nitrogens with zero attached hydrogens (tertiary/aromatic N) is 1. The fourth-order valence-corrected chi connectivity index (χ4v) is 2.73. The number of hydrogen-bond acceptors (Lipinski definition) is 2. The second-order valence-corrected chi connectivity index (χ2v) is 5.34. The Kier molecular flexibility index (Phi) is 5.59. The predicted octanol–water partition coefficient (Wildman–Crippen LogP) is 2.63. The normalized spacial score (nSPS) is 15.3. The average molecular weight is 305 g/mol. The topological polar surface area (TPSA) is 32.3 Å². The number of halogens is 1. The van der Waals surface area contributed by atoms with Gasteiger partial charge in [0.05, 0.1) is 6.42 Å². The zero-order valence-corrected chi connectivity index (χ0v) is 12.9. The van der Waals surface area contributed by atoms with Crippen LogP contribution in [0.5, 0.6) is 0 Å². The maximum absolute atomic E-state index is 12.4. The van der Waals surface area contributed by atoms with E-state index in [2.05, 4.69) is 35.6 Å². The van der Waals surface area contributed by atoms with E-state index >= 15 is 0 Å². The van der Waals surface area contributed by atoms with Crippen LogP contribution in [0.2, 0.25) is 0 Å². The summed E-state index contributed by atoms with van der Waals surface area (Å²) in [6, 6.07) is 14.6. The molecule has 0 aromatic heterocycles. The van der Waals surface area contributed by atoms with Crippen LogP contribution in [-0.2, 0) is 11.2 Å². The Hall–Kier alpha value is -1.58. The molecular weight excluding hydrogens is 284 g/mol. The molecular formula is C17H21ClN2O. The van der Waals surface area contributed by atoms with Crippen molar-refractivity contribution in [3.05, 3.63) is 48.0 Å². The van der Waals surface area contributed by atoms with Crippen LogP contribution < -0.4 is 5.32 Å². The minimum Gasteiger partial charge on any atom is -0.341 e. The van der Waals surface area contributed by atoms with Crippen molar-refractivity contribution in [2.45, 2.75) is 12.8 Å².